The fraction of sp³-hybridized carbons (Fsp3) is 0.500. The molecule has 1 aromatic carbocycles. The van der Waals surface area contributed by atoms with Crippen molar-refractivity contribution < 1.29 is 9.31 Å². The molecule has 0 saturated carbocycles. The number of anilines is 1. The Morgan fingerprint density at radius 3 is 2.21 bits per heavy atom. The van der Waals surface area contributed by atoms with E-state index in [4.69, 9.17) is 9.31 Å². The molecule has 5 heteroatoms. The van der Waals surface area contributed by atoms with Crippen molar-refractivity contribution in [1.29, 1.82) is 0 Å². The summed E-state index contributed by atoms with van der Waals surface area (Å²) < 4.78 is 12.1. The summed E-state index contributed by atoms with van der Waals surface area (Å²) in [6.07, 6.45) is 0. The van der Waals surface area contributed by atoms with Crippen LogP contribution >= 0.6 is 0 Å². The first-order chi connectivity index (χ1) is 8.77. The lowest BCUT2D eigenvalue weighted by atomic mass is 9.78. The Bertz CT molecular complexity index is 484. The molecule has 1 aliphatic rings. The average molecular weight is 260 g/mol. The lowest BCUT2D eigenvalue weighted by Gasteiger charge is -2.32. The van der Waals surface area contributed by atoms with Crippen molar-refractivity contribution in [2.45, 2.75) is 45.8 Å². The molecule has 1 saturated heterocycles. The number of hydrogen-bond donors (Lipinski definition) is 1. The van der Waals surface area contributed by atoms with Gasteiger partial charge in [0.25, 0.3) is 0 Å². The van der Waals surface area contributed by atoms with E-state index in [1.54, 1.807) is 0 Å². The molecule has 0 radical (unpaired) electrons. The van der Waals surface area contributed by atoms with Gasteiger partial charge in [0.05, 0.1) is 16.9 Å². The second-order valence-corrected chi connectivity index (χ2v) is 5.93. The zero-order chi connectivity index (χ0) is 14.3. The van der Waals surface area contributed by atoms with Gasteiger partial charge in [0.1, 0.15) is 0 Å². The SMILES string of the molecule is C=NNc1ccc(B2OC(C)(C)C(C)(C)O2)cc1C. The first-order valence-corrected chi connectivity index (χ1v) is 6.45. The average Bonchev–Trinajstić information content (AvgIpc) is 2.51. The van der Waals surface area contributed by atoms with Gasteiger partial charge < -0.3 is 9.31 Å². The van der Waals surface area contributed by atoms with E-state index < -0.39 is 0 Å². The number of nitrogens with zero attached hydrogens (tertiary/aromatic N) is 1. The molecule has 19 heavy (non-hydrogen) atoms. The maximum Gasteiger partial charge on any atom is 0.494 e. The fourth-order valence-corrected chi connectivity index (χ4v) is 2.02. The molecule has 0 aromatic heterocycles. The molecular formula is C14H21BN2O2. The number of benzene rings is 1. The Kier molecular flexibility index (Phi) is 3.45. The molecule has 0 aliphatic carbocycles. The lowest BCUT2D eigenvalue weighted by molar-refractivity contribution is 0.00578. The van der Waals surface area contributed by atoms with E-state index in [1.807, 2.05) is 19.1 Å². The third kappa shape index (κ3) is 2.53. The van der Waals surface area contributed by atoms with Crippen molar-refractivity contribution in [3.63, 3.8) is 0 Å². The molecule has 4 nitrogen and oxygen atoms in total. The summed E-state index contributed by atoms with van der Waals surface area (Å²) in [5, 5.41) is 3.68. The Morgan fingerprint density at radius 1 is 1.16 bits per heavy atom. The summed E-state index contributed by atoms with van der Waals surface area (Å²) in [5.41, 5.74) is 5.27. The molecule has 102 valence electrons. The Labute approximate surface area is 115 Å². The monoisotopic (exact) mass is 260 g/mol. The molecule has 1 aromatic rings. The number of rotatable bonds is 3. The van der Waals surface area contributed by atoms with Crippen LogP contribution in [0.5, 0.6) is 0 Å². The summed E-state index contributed by atoms with van der Waals surface area (Å²) in [7, 11) is -0.325. The molecule has 2 rings (SSSR count). The van der Waals surface area contributed by atoms with Crippen molar-refractivity contribution >= 4 is 25.0 Å². The van der Waals surface area contributed by atoms with Gasteiger partial charge in [0.15, 0.2) is 0 Å². The lowest BCUT2D eigenvalue weighted by Crippen LogP contribution is -2.41. The van der Waals surface area contributed by atoms with Gasteiger partial charge in [-0.3, -0.25) is 5.43 Å². The van der Waals surface area contributed by atoms with Crippen LogP contribution in [0.4, 0.5) is 5.69 Å². The quantitative estimate of drug-likeness (QED) is 0.515. The summed E-state index contributed by atoms with van der Waals surface area (Å²) >= 11 is 0. The minimum Gasteiger partial charge on any atom is -0.399 e. The van der Waals surface area contributed by atoms with Crippen LogP contribution in [0, 0.1) is 6.92 Å². The smallest absolute Gasteiger partial charge is 0.399 e. The van der Waals surface area contributed by atoms with Crippen molar-refractivity contribution in [3.05, 3.63) is 23.8 Å². The third-order valence-electron chi connectivity index (χ3n) is 3.98. The predicted octanol–water partition coefficient (Wildman–Crippen LogP) is 2.32. The maximum absolute atomic E-state index is 6.03. The summed E-state index contributed by atoms with van der Waals surface area (Å²) in [4.78, 5) is 0. The van der Waals surface area contributed by atoms with E-state index in [0.717, 1.165) is 16.7 Å². The number of hydrazone groups is 1. The third-order valence-corrected chi connectivity index (χ3v) is 3.98. The highest BCUT2D eigenvalue weighted by molar-refractivity contribution is 6.62. The van der Waals surface area contributed by atoms with E-state index >= 15 is 0 Å². The normalized spacial score (nSPS) is 20.4. The highest BCUT2D eigenvalue weighted by Gasteiger charge is 2.51. The van der Waals surface area contributed by atoms with E-state index in [9.17, 15) is 0 Å². The number of nitrogens with one attached hydrogen (secondary N) is 1. The standard InChI is InChI=1S/C14H21BN2O2/c1-10-9-11(7-8-12(10)17-16-6)15-18-13(2,3)14(4,5)19-15/h7-9,17H,6H2,1-5H3. The molecule has 1 heterocycles. The van der Waals surface area contributed by atoms with Crippen molar-refractivity contribution in [3.8, 4) is 0 Å². The van der Waals surface area contributed by atoms with Gasteiger partial charge in [0, 0.05) is 6.72 Å². The van der Waals surface area contributed by atoms with Gasteiger partial charge in [-0.1, -0.05) is 12.1 Å². The highest BCUT2D eigenvalue weighted by atomic mass is 16.7. The second-order valence-electron chi connectivity index (χ2n) is 5.93. The predicted molar refractivity (Wildman–Crippen MR) is 80.1 cm³/mol. The highest BCUT2D eigenvalue weighted by Crippen LogP contribution is 2.36. The van der Waals surface area contributed by atoms with Crippen molar-refractivity contribution in [2.24, 2.45) is 5.10 Å². The Morgan fingerprint density at radius 2 is 1.74 bits per heavy atom. The molecule has 0 bridgehead atoms. The maximum atomic E-state index is 6.03. The molecule has 0 amide bonds. The van der Waals surface area contributed by atoms with Gasteiger partial charge in [-0.15, -0.1) is 0 Å². The minimum absolute atomic E-state index is 0.314. The summed E-state index contributed by atoms with van der Waals surface area (Å²) in [5.74, 6) is 0. The van der Waals surface area contributed by atoms with Gasteiger partial charge in [0.2, 0.25) is 0 Å². The molecule has 1 fully saturated rings. The van der Waals surface area contributed by atoms with Crippen LogP contribution in [0.2, 0.25) is 0 Å². The zero-order valence-electron chi connectivity index (χ0n) is 12.3. The van der Waals surface area contributed by atoms with Gasteiger partial charge >= 0.3 is 7.12 Å². The molecule has 1 aliphatic heterocycles. The van der Waals surface area contributed by atoms with Crippen LogP contribution in [-0.2, 0) is 9.31 Å². The molecule has 0 spiro atoms. The van der Waals surface area contributed by atoms with E-state index in [2.05, 4.69) is 51.0 Å². The Hall–Kier alpha value is -1.33. The van der Waals surface area contributed by atoms with Crippen molar-refractivity contribution in [1.82, 2.24) is 0 Å². The molecular weight excluding hydrogens is 239 g/mol. The first kappa shape index (κ1) is 14.1. The topological polar surface area (TPSA) is 42.9 Å². The molecule has 1 N–H and O–H groups in total. The largest absolute Gasteiger partial charge is 0.494 e. The summed E-state index contributed by atoms with van der Waals surface area (Å²) in [6.45, 7) is 13.7. The number of hydrogen-bond acceptors (Lipinski definition) is 4. The van der Waals surface area contributed by atoms with Crippen LogP contribution in [0.15, 0.2) is 23.3 Å². The zero-order valence-corrected chi connectivity index (χ0v) is 12.3. The van der Waals surface area contributed by atoms with Crippen LogP contribution in [0.1, 0.15) is 33.3 Å². The Balaban J connectivity index is 2.25. The van der Waals surface area contributed by atoms with Gasteiger partial charge in [-0.05, 0) is 51.7 Å². The van der Waals surface area contributed by atoms with Crippen molar-refractivity contribution in [2.75, 3.05) is 5.43 Å². The molecule has 0 atom stereocenters. The molecule has 0 unspecified atom stereocenters. The van der Waals surface area contributed by atoms with Gasteiger partial charge in [-0.25, -0.2) is 0 Å². The van der Waals surface area contributed by atoms with Crippen LogP contribution in [0.25, 0.3) is 0 Å². The van der Waals surface area contributed by atoms with Crippen LogP contribution < -0.4 is 10.9 Å². The van der Waals surface area contributed by atoms with Crippen LogP contribution in [-0.4, -0.2) is 25.0 Å². The van der Waals surface area contributed by atoms with Crippen LogP contribution in [0.3, 0.4) is 0 Å². The fourth-order valence-electron chi connectivity index (χ4n) is 2.02. The van der Waals surface area contributed by atoms with Gasteiger partial charge in [-0.2, -0.15) is 5.10 Å². The minimum atomic E-state index is -0.325. The van der Waals surface area contributed by atoms with E-state index in [1.165, 1.54) is 0 Å². The van der Waals surface area contributed by atoms with E-state index in [0.29, 0.717) is 0 Å². The summed E-state index contributed by atoms with van der Waals surface area (Å²) in [6, 6.07) is 6.00. The van der Waals surface area contributed by atoms with E-state index in [-0.39, 0.29) is 18.3 Å². The second kappa shape index (κ2) is 4.65. The number of aryl methyl sites for hydroxylation is 1. The first-order valence-electron chi connectivity index (χ1n) is 6.45.